The first-order valence-corrected chi connectivity index (χ1v) is 6.41. The second kappa shape index (κ2) is 6.07. The lowest BCUT2D eigenvalue weighted by molar-refractivity contribution is -0.385. The van der Waals surface area contributed by atoms with Crippen LogP contribution in [0.5, 0.6) is 11.5 Å². The predicted octanol–water partition coefficient (Wildman–Crippen LogP) is 3.95. The topological polar surface area (TPSA) is 78.4 Å². The Labute approximate surface area is 125 Å². The van der Waals surface area contributed by atoms with E-state index in [1.54, 1.807) is 12.1 Å². The van der Waals surface area contributed by atoms with Gasteiger partial charge in [0.2, 0.25) is 0 Å². The van der Waals surface area contributed by atoms with Crippen molar-refractivity contribution in [3.63, 3.8) is 0 Å². The number of hydrogen-bond acceptors (Lipinski definition) is 4. The number of nitro groups is 1. The molecule has 0 unspecified atom stereocenters. The van der Waals surface area contributed by atoms with Gasteiger partial charge in [-0.25, -0.2) is 4.39 Å². The number of nitrogens with zero attached hydrogens (tertiary/aromatic N) is 1. The molecule has 0 aliphatic rings. The molecule has 0 spiro atoms. The van der Waals surface area contributed by atoms with Crippen molar-refractivity contribution >= 4 is 17.3 Å². The molecule has 7 heteroatoms. The van der Waals surface area contributed by atoms with E-state index >= 15 is 0 Å². The molecule has 0 saturated heterocycles. The van der Waals surface area contributed by atoms with Crippen molar-refractivity contribution in [2.24, 2.45) is 5.73 Å². The van der Waals surface area contributed by atoms with Gasteiger partial charge in [0.05, 0.1) is 11.0 Å². The summed E-state index contributed by atoms with van der Waals surface area (Å²) in [4.78, 5) is 10.1. The highest BCUT2D eigenvalue weighted by atomic mass is 35.5. The first kappa shape index (κ1) is 15.2. The highest BCUT2D eigenvalue weighted by Crippen LogP contribution is 2.33. The number of benzene rings is 2. The smallest absolute Gasteiger partial charge is 0.275 e. The van der Waals surface area contributed by atoms with E-state index in [9.17, 15) is 14.5 Å². The molecule has 0 aromatic heterocycles. The first-order valence-electron chi connectivity index (χ1n) is 6.03. The average molecular weight is 311 g/mol. The van der Waals surface area contributed by atoms with Crippen molar-refractivity contribution < 1.29 is 14.1 Å². The maximum absolute atomic E-state index is 13.9. The second-order valence-electron chi connectivity index (χ2n) is 4.38. The van der Waals surface area contributed by atoms with Crippen LogP contribution in [0.25, 0.3) is 0 Å². The number of ether oxygens (including phenoxy) is 1. The molecule has 2 aromatic carbocycles. The fourth-order valence-electron chi connectivity index (χ4n) is 1.83. The van der Waals surface area contributed by atoms with Crippen molar-refractivity contribution in [2.75, 3.05) is 0 Å². The molecule has 2 rings (SSSR count). The fraction of sp³-hybridized carbons (Fsp3) is 0.143. The summed E-state index contributed by atoms with van der Waals surface area (Å²) in [5.74, 6) is -0.623. The van der Waals surface area contributed by atoms with Crippen LogP contribution in [-0.2, 0) is 6.54 Å². The van der Waals surface area contributed by atoms with Crippen LogP contribution in [-0.4, -0.2) is 4.92 Å². The standard InChI is InChI=1S/C14H12ClFN2O3/c1-8-4-14(11(16)6-12(8)18(19)20)21-13-5-10(15)3-2-9(13)7-17/h2-6H,7,17H2,1H3. The van der Waals surface area contributed by atoms with Crippen LogP contribution in [0.15, 0.2) is 30.3 Å². The lowest BCUT2D eigenvalue weighted by atomic mass is 10.1. The van der Waals surface area contributed by atoms with Gasteiger partial charge in [0, 0.05) is 22.7 Å². The zero-order valence-electron chi connectivity index (χ0n) is 11.1. The number of nitrogens with two attached hydrogens (primary N) is 1. The Kier molecular flexibility index (Phi) is 4.40. The SMILES string of the molecule is Cc1cc(Oc2cc(Cl)ccc2CN)c(F)cc1[N+](=O)[O-]. The number of halogens is 2. The van der Waals surface area contributed by atoms with E-state index in [-0.39, 0.29) is 18.0 Å². The zero-order valence-corrected chi connectivity index (χ0v) is 11.9. The molecule has 0 heterocycles. The van der Waals surface area contributed by atoms with Crippen molar-refractivity contribution in [1.29, 1.82) is 0 Å². The van der Waals surface area contributed by atoms with Gasteiger partial charge < -0.3 is 10.5 Å². The molecule has 0 atom stereocenters. The van der Waals surface area contributed by atoms with Crippen LogP contribution in [0, 0.1) is 22.9 Å². The van der Waals surface area contributed by atoms with Gasteiger partial charge in [0.15, 0.2) is 11.6 Å². The van der Waals surface area contributed by atoms with Crippen molar-refractivity contribution in [1.82, 2.24) is 0 Å². The Balaban J connectivity index is 2.43. The Morgan fingerprint density at radius 1 is 1.33 bits per heavy atom. The Morgan fingerprint density at radius 2 is 2.05 bits per heavy atom. The zero-order chi connectivity index (χ0) is 15.6. The third-order valence-electron chi connectivity index (χ3n) is 2.92. The second-order valence-corrected chi connectivity index (χ2v) is 4.82. The Hall–Kier alpha value is -2.18. The molecule has 0 bridgehead atoms. The van der Waals surface area contributed by atoms with Crippen LogP contribution in [0.2, 0.25) is 5.02 Å². The summed E-state index contributed by atoms with van der Waals surface area (Å²) in [6.07, 6.45) is 0. The summed E-state index contributed by atoms with van der Waals surface area (Å²) in [6.45, 7) is 1.70. The maximum Gasteiger partial charge on any atom is 0.275 e. The minimum atomic E-state index is -0.824. The minimum Gasteiger partial charge on any atom is -0.454 e. The molecule has 0 saturated carbocycles. The predicted molar refractivity (Wildman–Crippen MR) is 77.2 cm³/mol. The molecule has 5 nitrogen and oxygen atoms in total. The van der Waals surface area contributed by atoms with E-state index in [0.29, 0.717) is 21.9 Å². The van der Waals surface area contributed by atoms with Gasteiger partial charge in [-0.05, 0) is 25.1 Å². The molecule has 0 radical (unpaired) electrons. The lowest BCUT2D eigenvalue weighted by Crippen LogP contribution is -2.01. The molecule has 0 aliphatic carbocycles. The summed E-state index contributed by atoms with van der Waals surface area (Å²) in [7, 11) is 0. The van der Waals surface area contributed by atoms with Gasteiger partial charge in [0.25, 0.3) is 5.69 Å². The maximum atomic E-state index is 13.9. The van der Waals surface area contributed by atoms with Gasteiger partial charge in [-0.3, -0.25) is 10.1 Å². The normalized spacial score (nSPS) is 10.5. The minimum absolute atomic E-state index is 0.116. The summed E-state index contributed by atoms with van der Waals surface area (Å²) in [5.41, 5.74) is 6.23. The van der Waals surface area contributed by atoms with E-state index in [4.69, 9.17) is 22.1 Å². The van der Waals surface area contributed by atoms with Crippen LogP contribution in [0.4, 0.5) is 10.1 Å². The highest BCUT2D eigenvalue weighted by molar-refractivity contribution is 6.30. The third kappa shape index (κ3) is 3.29. The van der Waals surface area contributed by atoms with Crippen molar-refractivity contribution in [3.8, 4) is 11.5 Å². The van der Waals surface area contributed by atoms with E-state index in [1.807, 2.05) is 0 Å². The lowest BCUT2D eigenvalue weighted by Gasteiger charge is -2.12. The molecule has 0 amide bonds. The Bertz CT molecular complexity index is 707. The summed E-state index contributed by atoms with van der Waals surface area (Å²) < 4.78 is 19.4. The molecule has 0 fully saturated rings. The largest absolute Gasteiger partial charge is 0.454 e. The van der Waals surface area contributed by atoms with Gasteiger partial charge in [0.1, 0.15) is 5.75 Å². The molecular weight excluding hydrogens is 299 g/mol. The van der Waals surface area contributed by atoms with Crippen molar-refractivity contribution in [3.05, 3.63) is 62.4 Å². The third-order valence-corrected chi connectivity index (χ3v) is 3.15. The van der Waals surface area contributed by atoms with Crippen LogP contribution in [0.1, 0.15) is 11.1 Å². The quantitative estimate of drug-likeness (QED) is 0.685. The molecule has 21 heavy (non-hydrogen) atoms. The number of nitro benzene ring substituents is 1. The van der Waals surface area contributed by atoms with Gasteiger partial charge in [-0.1, -0.05) is 17.7 Å². The molecule has 2 N–H and O–H groups in total. The van der Waals surface area contributed by atoms with Gasteiger partial charge in [-0.15, -0.1) is 0 Å². The monoisotopic (exact) mass is 310 g/mol. The van der Waals surface area contributed by atoms with Crippen molar-refractivity contribution in [2.45, 2.75) is 13.5 Å². The highest BCUT2D eigenvalue weighted by Gasteiger charge is 2.17. The van der Waals surface area contributed by atoms with Crippen LogP contribution in [0.3, 0.4) is 0 Å². The first-order chi connectivity index (χ1) is 9.92. The van der Waals surface area contributed by atoms with Crippen LogP contribution >= 0.6 is 11.6 Å². The Morgan fingerprint density at radius 3 is 2.67 bits per heavy atom. The van der Waals surface area contributed by atoms with E-state index < -0.39 is 10.7 Å². The number of rotatable bonds is 4. The van der Waals surface area contributed by atoms with E-state index in [2.05, 4.69) is 0 Å². The van der Waals surface area contributed by atoms with E-state index in [1.165, 1.54) is 19.1 Å². The van der Waals surface area contributed by atoms with E-state index in [0.717, 1.165) is 6.07 Å². The average Bonchev–Trinajstić information content (AvgIpc) is 2.42. The molecular formula is C14H12ClFN2O3. The van der Waals surface area contributed by atoms with Gasteiger partial charge >= 0.3 is 0 Å². The van der Waals surface area contributed by atoms with Gasteiger partial charge in [-0.2, -0.15) is 0 Å². The summed E-state index contributed by atoms with van der Waals surface area (Å²) >= 11 is 5.87. The van der Waals surface area contributed by atoms with Crippen LogP contribution < -0.4 is 10.5 Å². The summed E-state index contributed by atoms with van der Waals surface area (Å²) in [5, 5.41) is 11.2. The molecule has 0 aliphatic heterocycles. The number of hydrogen-bond donors (Lipinski definition) is 1. The number of aryl methyl sites for hydroxylation is 1. The molecule has 2 aromatic rings. The molecule has 110 valence electrons. The summed E-state index contributed by atoms with van der Waals surface area (Å²) in [6, 6.07) is 6.94. The fourth-order valence-corrected chi connectivity index (χ4v) is 1.99.